The zero-order chi connectivity index (χ0) is 17.8. The van der Waals surface area contributed by atoms with Gasteiger partial charge in [0, 0.05) is 44.1 Å². The molecule has 0 aliphatic carbocycles. The van der Waals surface area contributed by atoms with Crippen LogP contribution in [0.4, 0.5) is 9.18 Å². The van der Waals surface area contributed by atoms with E-state index in [1.165, 1.54) is 10.9 Å². The third-order valence-corrected chi connectivity index (χ3v) is 5.96. The highest BCUT2D eigenvalue weighted by Gasteiger charge is 2.21. The van der Waals surface area contributed by atoms with Crippen molar-refractivity contribution in [1.82, 2.24) is 15.1 Å². The summed E-state index contributed by atoms with van der Waals surface area (Å²) in [7, 11) is 0. The van der Waals surface area contributed by atoms with Gasteiger partial charge in [-0.25, -0.2) is 9.18 Å². The molecule has 0 unspecified atom stereocenters. The Hall–Kier alpha value is -1.44. The number of carbonyl (C=O) groups is 1. The molecule has 1 N–H and O–H groups in total. The van der Waals surface area contributed by atoms with Crippen LogP contribution in [-0.2, 0) is 13.1 Å². The molecule has 1 aliphatic rings. The molecule has 25 heavy (non-hydrogen) atoms. The quantitative estimate of drug-likeness (QED) is 0.803. The Balaban J connectivity index is 1.44. The third kappa shape index (κ3) is 5.03. The van der Waals surface area contributed by atoms with E-state index in [0.717, 1.165) is 29.0 Å². The van der Waals surface area contributed by atoms with Gasteiger partial charge in [0.1, 0.15) is 5.82 Å². The minimum atomic E-state index is -0.236. The predicted octanol–water partition coefficient (Wildman–Crippen LogP) is 3.99. The van der Waals surface area contributed by atoms with Crippen LogP contribution in [0.3, 0.4) is 0 Å². The van der Waals surface area contributed by atoms with Gasteiger partial charge in [-0.15, -0.1) is 11.3 Å². The summed E-state index contributed by atoms with van der Waals surface area (Å²) in [5.74, 6) is -0.236. The molecule has 1 aromatic carbocycles. The van der Waals surface area contributed by atoms with Crippen LogP contribution in [0.2, 0.25) is 0 Å². The molecule has 1 aromatic heterocycles. The molecular weight excluding hydrogens is 405 g/mol. The lowest BCUT2D eigenvalue weighted by atomic mass is 10.1. The highest BCUT2D eigenvalue weighted by molar-refractivity contribution is 9.11. The van der Waals surface area contributed by atoms with Crippen molar-refractivity contribution in [3.63, 3.8) is 0 Å². The van der Waals surface area contributed by atoms with Crippen molar-refractivity contribution in [1.29, 1.82) is 0 Å². The highest BCUT2D eigenvalue weighted by atomic mass is 79.9. The summed E-state index contributed by atoms with van der Waals surface area (Å²) in [6.07, 6.45) is 0. The number of amides is 2. The van der Waals surface area contributed by atoms with E-state index < -0.39 is 0 Å². The van der Waals surface area contributed by atoms with Crippen LogP contribution in [0.5, 0.6) is 0 Å². The topological polar surface area (TPSA) is 35.6 Å². The van der Waals surface area contributed by atoms with Crippen LogP contribution in [0.15, 0.2) is 34.1 Å². The first-order valence-electron chi connectivity index (χ1n) is 8.25. The number of hydrogen-bond donors (Lipinski definition) is 1. The second-order valence-electron chi connectivity index (χ2n) is 6.21. The number of urea groups is 1. The van der Waals surface area contributed by atoms with Crippen LogP contribution >= 0.6 is 27.3 Å². The van der Waals surface area contributed by atoms with Gasteiger partial charge in [0.15, 0.2) is 0 Å². The molecule has 3 rings (SSSR count). The van der Waals surface area contributed by atoms with Gasteiger partial charge in [-0.2, -0.15) is 0 Å². The van der Waals surface area contributed by atoms with Crippen LogP contribution in [0.1, 0.15) is 16.0 Å². The number of carbonyl (C=O) groups excluding carboxylic acids is 1. The summed E-state index contributed by atoms with van der Waals surface area (Å²) < 4.78 is 14.7. The maximum absolute atomic E-state index is 13.6. The number of thiophene rings is 1. The van der Waals surface area contributed by atoms with Crippen LogP contribution < -0.4 is 5.32 Å². The summed E-state index contributed by atoms with van der Waals surface area (Å²) in [4.78, 5) is 17.8. The highest BCUT2D eigenvalue weighted by Crippen LogP contribution is 2.23. The van der Waals surface area contributed by atoms with E-state index in [9.17, 15) is 9.18 Å². The van der Waals surface area contributed by atoms with E-state index in [4.69, 9.17) is 0 Å². The van der Waals surface area contributed by atoms with Gasteiger partial charge >= 0.3 is 6.03 Å². The Morgan fingerprint density at radius 3 is 2.64 bits per heavy atom. The number of nitrogens with zero attached hydrogens (tertiary/aromatic N) is 2. The average Bonchev–Trinajstić information content (AvgIpc) is 3.01. The van der Waals surface area contributed by atoms with Gasteiger partial charge in [-0.1, -0.05) is 12.1 Å². The van der Waals surface area contributed by atoms with Crippen molar-refractivity contribution in [2.24, 2.45) is 0 Å². The zero-order valence-corrected chi connectivity index (χ0v) is 16.5. The van der Waals surface area contributed by atoms with Crippen molar-refractivity contribution in [2.75, 3.05) is 26.2 Å². The maximum Gasteiger partial charge on any atom is 0.317 e. The number of halogens is 2. The summed E-state index contributed by atoms with van der Waals surface area (Å²) in [6.45, 7) is 6.14. The summed E-state index contributed by atoms with van der Waals surface area (Å²) >= 11 is 5.23. The molecule has 0 bridgehead atoms. The van der Waals surface area contributed by atoms with Crippen LogP contribution in [0.25, 0.3) is 0 Å². The molecule has 2 amide bonds. The first kappa shape index (κ1) is 18.4. The number of nitrogens with one attached hydrogen (secondary N) is 1. The molecule has 7 heteroatoms. The summed E-state index contributed by atoms with van der Waals surface area (Å²) in [5, 5.41) is 2.88. The van der Waals surface area contributed by atoms with Crippen LogP contribution in [0, 0.1) is 12.7 Å². The van der Waals surface area contributed by atoms with E-state index in [1.807, 2.05) is 11.0 Å². The molecule has 1 saturated heterocycles. The Morgan fingerprint density at radius 1 is 1.24 bits per heavy atom. The fourth-order valence-corrected chi connectivity index (χ4v) is 4.33. The molecule has 134 valence electrons. The first-order chi connectivity index (χ1) is 12.0. The Morgan fingerprint density at radius 2 is 2.00 bits per heavy atom. The number of aryl methyl sites for hydroxylation is 1. The zero-order valence-electron chi connectivity index (χ0n) is 14.1. The third-order valence-electron chi connectivity index (χ3n) is 4.35. The molecule has 1 fully saturated rings. The smallest absolute Gasteiger partial charge is 0.317 e. The van der Waals surface area contributed by atoms with Crippen molar-refractivity contribution < 1.29 is 9.18 Å². The van der Waals surface area contributed by atoms with Gasteiger partial charge in [0.05, 0.1) is 3.79 Å². The largest absolute Gasteiger partial charge is 0.334 e. The fourth-order valence-electron chi connectivity index (χ4n) is 2.80. The van der Waals surface area contributed by atoms with Gasteiger partial charge in [0.25, 0.3) is 0 Å². The molecule has 0 spiro atoms. The van der Waals surface area contributed by atoms with Crippen LogP contribution in [-0.4, -0.2) is 42.0 Å². The number of piperazine rings is 1. The van der Waals surface area contributed by atoms with E-state index >= 15 is 0 Å². The molecule has 0 atom stereocenters. The fraction of sp³-hybridized carbons (Fsp3) is 0.389. The second kappa shape index (κ2) is 8.29. The molecule has 2 aromatic rings. The van der Waals surface area contributed by atoms with E-state index in [1.54, 1.807) is 24.3 Å². The van der Waals surface area contributed by atoms with Gasteiger partial charge in [0.2, 0.25) is 0 Å². The monoisotopic (exact) mass is 425 g/mol. The van der Waals surface area contributed by atoms with Crippen molar-refractivity contribution in [3.8, 4) is 0 Å². The Labute approximate surface area is 159 Å². The summed E-state index contributed by atoms with van der Waals surface area (Å²) in [6, 6.07) is 9.17. The molecule has 2 heterocycles. The lowest BCUT2D eigenvalue weighted by Gasteiger charge is -2.34. The molecule has 0 radical (unpaired) electrons. The molecular formula is C18H21BrFN3OS. The van der Waals surface area contributed by atoms with Crippen molar-refractivity contribution in [2.45, 2.75) is 20.0 Å². The normalized spacial score (nSPS) is 15.4. The second-order valence-corrected chi connectivity index (χ2v) is 8.76. The lowest BCUT2D eigenvalue weighted by molar-refractivity contribution is 0.135. The minimum absolute atomic E-state index is 0.0838. The number of hydrogen-bond acceptors (Lipinski definition) is 3. The van der Waals surface area contributed by atoms with Crippen molar-refractivity contribution >= 4 is 33.3 Å². The molecule has 4 nitrogen and oxygen atoms in total. The van der Waals surface area contributed by atoms with E-state index in [2.05, 4.69) is 38.3 Å². The molecule has 1 aliphatic heterocycles. The first-order valence-corrected chi connectivity index (χ1v) is 9.86. The average molecular weight is 426 g/mol. The van der Waals surface area contributed by atoms with E-state index in [-0.39, 0.29) is 11.8 Å². The van der Waals surface area contributed by atoms with Gasteiger partial charge in [-0.3, -0.25) is 4.90 Å². The predicted molar refractivity (Wildman–Crippen MR) is 102 cm³/mol. The minimum Gasteiger partial charge on any atom is -0.334 e. The van der Waals surface area contributed by atoms with Gasteiger partial charge < -0.3 is 10.2 Å². The summed E-state index contributed by atoms with van der Waals surface area (Å²) in [5.41, 5.74) is 1.39. The van der Waals surface area contributed by atoms with Gasteiger partial charge in [-0.05, 0) is 52.2 Å². The maximum atomic E-state index is 13.6. The standard InChI is InChI=1S/C18H21BrFN3OS/c1-13-2-3-14(10-16(13)20)11-21-18(24)23-8-6-22(7-9-23)12-15-4-5-17(19)25-15/h2-5,10H,6-9,11-12H2,1H3,(H,21,24). The number of rotatable bonds is 4. The number of benzene rings is 1. The van der Waals surface area contributed by atoms with Crippen molar-refractivity contribution in [3.05, 3.63) is 55.9 Å². The molecule has 0 saturated carbocycles. The Bertz CT molecular complexity index is 744. The lowest BCUT2D eigenvalue weighted by Crippen LogP contribution is -2.51. The Kier molecular flexibility index (Phi) is 6.09. The van der Waals surface area contributed by atoms with E-state index in [0.29, 0.717) is 25.2 Å². The SMILES string of the molecule is Cc1ccc(CNC(=O)N2CCN(Cc3ccc(Br)s3)CC2)cc1F.